The molecule has 3 unspecified atom stereocenters. The van der Waals surface area contributed by atoms with Gasteiger partial charge in [-0.15, -0.1) is 0 Å². The lowest BCUT2D eigenvalue weighted by Crippen LogP contribution is -2.65. The van der Waals surface area contributed by atoms with Crippen molar-refractivity contribution in [3.05, 3.63) is 35.9 Å². The summed E-state index contributed by atoms with van der Waals surface area (Å²) in [5.74, 6) is -2.67. The highest BCUT2D eigenvalue weighted by atomic mass is 16.6. The van der Waals surface area contributed by atoms with Gasteiger partial charge in [-0.2, -0.15) is 0 Å². The van der Waals surface area contributed by atoms with Gasteiger partial charge in [0.2, 0.25) is 5.91 Å². The van der Waals surface area contributed by atoms with Crippen LogP contribution in [-0.2, 0) is 30.3 Å². The number of nitrogens with zero attached hydrogens (tertiary/aromatic N) is 1. The number of aliphatic carboxylic acids is 2. The lowest BCUT2D eigenvalue weighted by atomic mass is 9.94. The molecule has 30 heavy (non-hydrogen) atoms. The molecule has 1 aromatic rings. The lowest BCUT2D eigenvalue weighted by molar-refractivity contribution is -0.199. The van der Waals surface area contributed by atoms with Crippen molar-refractivity contribution in [3.8, 4) is 0 Å². The van der Waals surface area contributed by atoms with Crippen molar-refractivity contribution in [2.45, 2.75) is 56.5 Å². The minimum Gasteiger partial charge on any atom is -0.480 e. The molecule has 0 aromatic heterocycles. The molecule has 3 N–H and O–H groups in total. The lowest BCUT2D eigenvalue weighted by Gasteiger charge is -2.45. The van der Waals surface area contributed by atoms with E-state index in [1.807, 2.05) is 30.3 Å². The first kappa shape index (κ1) is 22.2. The number of hydrogen-bond donors (Lipinski definition) is 3. The predicted molar refractivity (Wildman–Crippen MR) is 106 cm³/mol. The number of carbonyl (C=O) groups is 3. The molecule has 2 aliphatic heterocycles. The largest absolute Gasteiger partial charge is 0.480 e. The third-order valence-electron chi connectivity index (χ3n) is 5.61. The number of aryl methyl sites for hydroxylation is 1. The van der Waals surface area contributed by atoms with E-state index in [2.05, 4.69) is 5.32 Å². The molecule has 2 saturated heterocycles. The van der Waals surface area contributed by atoms with Crippen LogP contribution in [0, 0.1) is 0 Å². The van der Waals surface area contributed by atoms with Crippen LogP contribution in [0.3, 0.4) is 0 Å². The Balaban J connectivity index is 1.65. The summed E-state index contributed by atoms with van der Waals surface area (Å²) in [6.45, 7) is 2.46. The van der Waals surface area contributed by atoms with E-state index in [9.17, 15) is 24.6 Å². The van der Waals surface area contributed by atoms with Gasteiger partial charge in [0.15, 0.2) is 6.04 Å². The molecule has 9 nitrogen and oxygen atoms in total. The summed E-state index contributed by atoms with van der Waals surface area (Å²) in [5.41, 5.74) is 1.01. The summed E-state index contributed by atoms with van der Waals surface area (Å²) in [5, 5.41) is 22.1. The molecule has 1 aromatic carbocycles. The number of amides is 1. The fourth-order valence-electron chi connectivity index (χ4n) is 4.09. The molecule has 5 atom stereocenters. The van der Waals surface area contributed by atoms with Gasteiger partial charge in [-0.25, -0.2) is 4.79 Å². The number of benzene rings is 1. The summed E-state index contributed by atoms with van der Waals surface area (Å²) in [7, 11) is 0. The number of ether oxygens (including phenoxy) is 2. The van der Waals surface area contributed by atoms with Gasteiger partial charge < -0.3 is 24.6 Å². The van der Waals surface area contributed by atoms with Gasteiger partial charge in [-0.3, -0.25) is 14.9 Å². The molecule has 0 radical (unpaired) electrons. The Morgan fingerprint density at radius 3 is 2.53 bits per heavy atom. The number of carboxylic acids is 2. The van der Waals surface area contributed by atoms with Crippen LogP contribution in [0.25, 0.3) is 0 Å². The van der Waals surface area contributed by atoms with Crippen molar-refractivity contribution in [2.24, 2.45) is 0 Å². The number of nitrogens with one attached hydrogen (secondary N) is 1. The highest BCUT2D eigenvalue weighted by Gasteiger charge is 2.47. The number of fused-ring (bicyclic) bond motifs is 1. The minimum absolute atomic E-state index is 0.216. The third-order valence-corrected chi connectivity index (χ3v) is 5.61. The van der Waals surface area contributed by atoms with E-state index < -0.39 is 42.1 Å². The van der Waals surface area contributed by atoms with E-state index in [0.717, 1.165) is 5.56 Å². The van der Waals surface area contributed by atoms with Crippen LogP contribution in [0.15, 0.2) is 30.3 Å². The molecule has 1 amide bonds. The molecule has 0 aliphatic carbocycles. The molecule has 2 fully saturated rings. The second-order valence-electron chi connectivity index (χ2n) is 7.65. The summed E-state index contributed by atoms with van der Waals surface area (Å²) < 4.78 is 11.2. The number of piperidine rings is 1. The second-order valence-corrected chi connectivity index (χ2v) is 7.65. The molecule has 2 aliphatic rings. The Labute approximate surface area is 175 Å². The SMILES string of the molecule is CC(N[C@@H](CCc1ccccc1)C(=O)O)C(=O)N1CCC2OCCOC2[C@H]1C(=O)O. The molecule has 0 spiro atoms. The summed E-state index contributed by atoms with van der Waals surface area (Å²) in [6.07, 6.45) is 0.242. The number of carbonyl (C=O) groups excluding carboxylic acids is 1. The minimum atomic E-state index is -1.16. The summed E-state index contributed by atoms with van der Waals surface area (Å²) >= 11 is 0. The first-order valence-electron chi connectivity index (χ1n) is 10.2. The quantitative estimate of drug-likeness (QED) is 0.556. The van der Waals surface area contributed by atoms with Crippen molar-refractivity contribution < 1.29 is 34.1 Å². The molecule has 164 valence electrons. The van der Waals surface area contributed by atoms with Gasteiger partial charge >= 0.3 is 11.9 Å². The van der Waals surface area contributed by atoms with Crippen LogP contribution < -0.4 is 5.32 Å². The van der Waals surface area contributed by atoms with Crippen LogP contribution in [0.5, 0.6) is 0 Å². The molecule has 2 heterocycles. The fraction of sp³-hybridized carbons (Fsp3) is 0.571. The zero-order chi connectivity index (χ0) is 21.7. The Bertz CT molecular complexity index is 757. The summed E-state index contributed by atoms with van der Waals surface area (Å²) in [6, 6.07) is 6.55. The zero-order valence-corrected chi connectivity index (χ0v) is 16.9. The average Bonchev–Trinajstić information content (AvgIpc) is 2.75. The van der Waals surface area contributed by atoms with Gasteiger partial charge in [0, 0.05) is 6.54 Å². The maximum Gasteiger partial charge on any atom is 0.329 e. The highest BCUT2D eigenvalue weighted by molar-refractivity contribution is 5.88. The number of likely N-dealkylation sites (tertiary alicyclic amines) is 1. The Morgan fingerprint density at radius 2 is 1.87 bits per heavy atom. The highest BCUT2D eigenvalue weighted by Crippen LogP contribution is 2.27. The third kappa shape index (κ3) is 5.16. The second kappa shape index (κ2) is 10.0. The summed E-state index contributed by atoms with van der Waals surface area (Å²) in [4.78, 5) is 37.9. The van der Waals surface area contributed by atoms with E-state index in [0.29, 0.717) is 25.9 Å². The van der Waals surface area contributed by atoms with E-state index in [1.165, 1.54) is 4.90 Å². The number of carboxylic acid groups (broad SMARTS) is 2. The predicted octanol–water partition coefficient (Wildman–Crippen LogP) is 0.520. The van der Waals surface area contributed by atoms with Crippen molar-refractivity contribution in [3.63, 3.8) is 0 Å². The standard InChI is InChI=1S/C21H28N2O7/c1-13(22-15(20(25)26)8-7-14-5-3-2-4-6-14)19(24)23-10-9-16-18(17(23)21(27)28)30-12-11-29-16/h2-6,13,15-18,22H,7-12H2,1H3,(H,25,26)(H,27,28)/t13?,15-,16?,17-,18?/m0/s1. The van der Waals surface area contributed by atoms with Crippen LogP contribution in [0.2, 0.25) is 0 Å². The van der Waals surface area contributed by atoms with Crippen LogP contribution in [0.1, 0.15) is 25.3 Å². The van der Waals surface area contributed by atoms with Crippen LogP contribution >= 0.6 is 0 Å². The number of rotatable bonds is 8. The van der Waals surface area contributed by atoms with E-state index >= 15 is 0 Å². The van der Waals surface area contributed by atoms with Crippen molar-refractivity contribution in [1.82, 2.24) is 10.2 Å². The first-order chi connectivity index (χ1) is 14.4. The Kier molecular flexibility index (Phi) is 7.41. The monoisotopic (exact) mass is 420 g/mol. The molecule has 3 rings (SSSR count). The van der Waals surface area contributed by atoms with Crippen molar-refractivity contribution in [1.29, 1.82) is 0 Å². The fourth-order valence-corrected chi connectivity index (χ4v) is 4.09. The van der Waals surface area contributed by atoms with E-state index in [-0.39, 0.29) is 19.3 Å². The van der Waals surface area contributed by atoms with Gasteiger partial charge in [0.1, 0.15) is 12.1 Å². The van der Waals surface area contributed by atoms with Gasteiger partial charge in [0.05, 0.1) is 25.4 Å². The normalized spacial score (nSPS) is 25.8. The number of hydrogen-bond acceptors (Lipinski definition) is 6. The van der Waals surface area contributed by atoms with Gasteiger partial charge in [0.25, 0.3) is 0 Å². The Hall–Kier alpha value is -2.49. The van der Waals surface area contributed by atoms with E-state index in [1.54, 1.807) is 6.92 Å². The first-order valence-corrected chi connectivity index (χ1v) is 10.2. The molecular weight excluding hydrogens is 392 g/mol. The van der Waals surface area contributed by atoms with Crippen molar-refractivity contribution in [2.75, 3.05) is 19.8 Å². The van der Waals surface area contributed by atoms with Gasteiger partial charge in [-0.05, 0) is 31.7 Å². The van der Waals surface area contributed by atoms with Gasteiger partial charge in [-0.1, -0.05) is 30.3 Å². The molecule has 9 heteroatoms. The van der Waals surface area contributed by atoms with Crippen LogP contribution in [-0.4, -0.2) is 83.1 Å². The average molecular weight is 420 g/mol. The van der Waals surface area contributed by atoms with Crippen molar-refractivity contribution >= 4 is 17.8 Å². The molecular formula is C21H28N2O7. The molecule has 0 bridgehead atoms. The topological polar surface area (TPSA) is 125 Å². The smallest absolute Gasteiger partial charge is 0.329 e. The van der Waals surface area contributed by atoms with E-state index in [4.69, 9.17) is 9.47 Å². The zero-order valence-electron chi connectivity index (χ0n) is 16.9. The maximum atomic E-state index is 13.0. The maximum absolute atomic E-state index is 13.0. The van der Waals surface area contributed by atoms with Crippen LogP contribution in [0.4, 0.5) is 0 Å². The molecule has 0 saturated carbocycles. The Morgan fingerprint density at radius 1 is 1.17 bits per heavy atom.